The zero-order valence-electron chi connectivity index (χ0n) is 11.8. The van der Waals surface area contributed by atoms with E-state index in [1.54, 1.807) is 12.1 Å². The van der Waals surface area contributed by atoms with Gasteiger partial charge in [-0.15, -0.1) is 0 Å². The lowest BCUT2D eigenvalue weighted by Crippen LogP contribution is -2.47. The van der Waals surface area contributed by atoms with Crippen molar-refractivity contribution in [2.24, 2.45) is 16.3 Å². The Bertz CT molecular complexity index is 537. The first kappa shape index (κ1) is 15.3. The maximum absolute atomic E-state index is 13.7. The number of nitrogens with two attached hydrogens (primary N) is 1. The predicted octanol–water partition coefficient (Wildman–Crippen LogP) is 2.85. The zero-order chi connectivity index (χ0) is 15.3. The average molecular weight is 293 g/mol. The van der Waals surface area contributed by atoms with Gasteiger partial charge in [0.2, 0.25) is 5.91 Å². The standard InChI is InChI=1S/C15H20FN3O2/c16-11-7-3-4-8-12(11)18-14(20)15(13(17)19-21)9-5-1-2-6-10-15/h3-4,7-8,21H,1-2,5-6,9-10H2,(H2,17,19)(H,18,20). The molecule has 1 saturated carbocycles. The molecule has 0 unspecified atom stereocenters. The summed E-state index contributed by atoms with van der Waals surface area (Å²) in [6, 6.07) is 5.96. The summed E-state index contributed by atoms with van der Waals surface area (Å²) in [5, 5.41) is 14.7. The van der Waals surface area contributed by atoms with Gasteiger partial charge in [-0.05, 0) is 25.0 Å². The monoisotopic (exact) mass is 293 g/mol. The maximum Gasteiger partial charge on any atom is 0.238 e. The van der Waals surface area contributed by atoms with Gasteiger partial charge in [-0.1, -0.05) is 43.0 Å². The van der Waals surface area contributed by atoms with Crippen LogP contribution in [0.3, 0.4) is 0 Å². The van der Waals surface area contributed by atoms with Gasteiger partial charge >= 0.3 is 0 Å². The second-order valence-corrected chi connectivity index (χ2v) is 5.42. The van der Waals surface area contributed by atoms with Crippen molar-refractivity contribution in [2.75, 3.05) is 5.32 Å². The summed E-state index contributed by atoms with van der Waals surface area (Å²) in [5.74, 6) is -1.02. The lowest BCUT2D eigenvalue weighted by molar-refractivity contribution is -0.123. The predicted molar refractivity (Wildman–Crippen MR) is 78.6 cm³/mol. The van der Waals surface area contributed by atoms with Crippen LogP contribution in [0.4, 0.5) is 10.1 Å². The highest BCUT2D eigenvalue weighted by Crippen LogP contribution is 2.36. The van der Waals surface area contributed by atoms with Crippen LogP contribution in [-0.4, -0.2) is 17.0 Å². The Morgan fingerprint density at radius 2 is 1.86 bits per heavy atom. The van der Waals surface area contributed by atoms with Gasteiger partial charge in [0, 0.05) is 0 Å². The Balaban J connectivity index is 2.28. The molecule has 1 aliphatic carbocycles. The largest absolute Gasteiger partial charge is 0.409 e. The molecule has 0 heterocycles. The topological polar surface area (TPSA) is 87.7 Å². The second kappa shape index (κ2) is 6.56. The number of carbonyl (C=O) groups is 1. The van der Waals surface area contributed by atoms with Crippen molar-refractivity contribution in [3.8, 4) is 0 Å². The van der Waals surface area contributed by atoms with E-state index in [0.29, 0.717) is 12.8 Å². The molecule has 1 fully saturated rings. The summed E-state index contributed by atoms with van der Waals surface area (Å²) in [5.41, 5.74) is 4.84. The molecule has 1 aromatic rings. The number of hydrogen-bond donors (Lipinski definition) is 3. The molecular formula is C15H20FN3O2. The molecule has 0 spiro atoms. The minimum atomic E-state index is -1.06. The van der Waals surface area contributed by atoms with Gasteiger partial charge in [0.15, 0.2) is 5.84 Å². The summed E-state index contributed by atoms with van der Waals surface area (Å²) < 4.78 is 13.7. The van der Waals surface area contributed by atoms with E-state index >= 15 is 0 Å². The first-order valence-electron chi connectivity index (χ1n) is 7.14. The van der Waals surface area contributed by atoms with Crippen LogP contribution in [0.25, 0.3) is 0 Å². The zero-order valence-corrected chi connectivity index (χ0v) is 11.8. The highest BCUT2D eigenvalue weighted by molar-refractivity contribution is 6.11. The van der Waals surface area contributed by atoms with Crippen molar-refractivity contribution in [3.05, 3.63) is 30.1 Å². The second-order valence-electron chi connectivity index (χ2n) is 5.42. The Morgan fingerprint density at radius 3 is 2.43 bits per heavy atom. The number of amidine groups is 1. The Morgan fingerprint density at radius 1 is 1.24 bits per heavy atom. The number of amides is 1. The van der Waals surface area contributed by atoms with Crippen LogP contribution in [0, 0.1) is 11.2 Å². The van der Waals surface area contributed by atoms with Gasteiger partial charge in [-0.2, -0.15) is 0 Å². The number of halogens is 1. The van der Waals surface area contributed by atoms with E-state index in [9.17, 15) is 9.18 Å². The number of anilines is 1. The van der Waals surface area contributed by atoms with E-state index in [4.69, 9.17) is 10.9 Å². The molecule has 21 heavy (non-hydrogen) atoms. The number of rotatable bonds is 3. The van der Waals surface area contributed by atoms with Gasteiger partial charge in [0.1, 0.15) is 11.2 Å². The summed E-state index contributed by atoms with van der Waals surface area (Å²) in [7, 11) is 0. The van der Waals surface area contributed by atoms with Gasteiger partial charge < -0.3 is 16.3 Å². The summed E-state index contributed by atoms with van der Waals surface area (Å²) in [4.78, 5) is 12.6. The van der Waals surface area contributed by atoms with Gasteiger partial charge in [0.05, 0.1) is 5.69 Å². The summed E-state index contributed by atoms with van der Waals surface area (Å²) in [6.07, 6.45) is 4.66. The van der Waals surface area contributed by atoms with Crippen molar-refractivity contribution in [1.29, 1.82) is 0 Å². The number of nitrogens with one attached hydrogen (secondary N) is 1. The summed E-state index contributed by atoms with van der Waals surface area (Å²) in [6.45, 7) is 0. The van der Waals surface area contributed by atoms with Gasteiger partial charge in [0.25, 0.3) is 0 Å². The van der Waals surface area contributed by atoms with Crippen molar-refractivity contribution in [3.63, 3.8) is 0 Å². The number of carbonyl (C=O) groups excluding carboxylic acids is 1. The molecule has 4 N–H and O–H groups in total. The Labute approximate surface area is 123 Å². The molecule has 0 aromatic heterocycles. The Hall–Kier alpha value is -2.11. The van der Waals surface area contributed by atoms with E-state index in [0.717, 1.165) is 25.7 Å². The third-order valence-electron chi connectivity index (χ3n) is 4.11. The van der Waals surface area contributed by atoms with E-state index in [1.807, 2.05) is 0 Å². The average Bonchev–Trinajstić information content (AvgIpc) is 2.75. The molecule has 114 valence electrons. The normalized spacial score (nSPS) is 18.8. The first-order chi connectivity index (χ1) is 10.1. The van der Waals surface area contributed by atoms with Crippen LogP contribution in [0.15, 0.2) is 29.4 Å². The molecule has 0 atom stereocenters. The van der Waals surface area contributed by atoms with E-state index in [1.165, 1.54) is 12.1 Å². The van der Waals surface area contributed by atoms with Crippen LogP contribution in [-0.2, 0) is 4.79 Å². The van der Waals surface area contributed by atoms with Crippen molar-refractivity contribution < 1.29 is 14.4 Å². The fourth-order valence-electron chi connectivity index (χ4n) is 2.83. The molecule has 6 heteroatoms. The van der Waals surface area contributed by atoms with Crippen molar-refractivity contribution >= 4 is 17.4 Å². The van der Waals surface area contributed by atoms with E-state index in [2.05, 4.69) is 10.5 Å². The van der Waals surface area contributed by atoms with E-state index < -0.39 is 17.1 Å². The number of benzene rings is 1. The number of oxime groups is 1. The minimum Gasteiger partial charge on any atom is -0.409 e. The third kappa shape index (κ3) is 3.15. The summed E-state index contributed by atoms with van der Waals surface area (Å²) >= 11 is 0. The molecule has 0 aliphatic heterocycles. The van der Waals surface area contributed by atoms with Crippen LogP contribution in [0.5, 0.6) is 0 Å². The Kier molecular flexibility index (Phi) is 4.77. The molecule has 1 amide bonds. The van der Waals surface area contributed by atoms with Crippen LogP contribution >= 0.6 is 0 Å². The lowest BCUT2D eigenvalue weighted by Gasteiger charge is -2.29. The van der Waals surface area contributed by atoms with E-state index in [-0.39, 0.29) is 11.5 Å². The third-order valence-corrected chi connectivity index (χ3v) is 4.11. The highest BCUT2D eigenvalue weighted by Gasteiger charge is 2.43. The lowest BCUT2D eigenvalue weighted by atomic mass is 9.78. The van der Waals surface area contributed by atoms with Gasteiger partial charge in [-0.25, -0.2) is 4.39 Å². The maximum atomic E-state index is 13.7. The fourth-order valence-corrected chi connectivity index (χ4v) is 2.83. The molecule has 5 nitrogen and oxygen atoms in total. The van der Waals surface area contributed by atoms with Crippen molar-refractivity contribution in [1.82, 2.24) is 0 Å². The molecule has 0 bridgehead atoms. The van der Waals surface area contributed by atoms with Crippen LogP contribution in [0.1, 0.15) is 38.5 Å². The quantitative estimate of drug-likeness (QED) is 0.263. The molecule has 0 saturated heterocycles. The molecule has 2 rings (SSSR count). The SMILES string of the molecule is NC(=NO)C1(C(=O)Nc2ccccc2F)CCCCCC1. The smallest absolute Gasteiger partial charge is 0.238 e. The molecule has 1 aromatic carbocycles. The van der Waals surface area contributed by atoms with Crippen molar-refractivity contribution in [2.45, 2.75) is 38.5 Å². The molecular weight excluding hydrogens is 273 g/mol. The molecule has 1 aliphatic rings. The van der Waals surface area contributed by atoms with Crippen LogP contribution < -0.4 is 11.1 Å². The number of nitrogens with zero attached hydrogens (tertiary/aromatic N) is 1. The number of para-hydroxylation sites is 1. The number of hydrogen-bond acceptors (Lipinski definition) is 3. The minimum absolute atomic E-state index is 0.0989. The van der Waals surface area contributed by atoms with Gasteiger partial charge in [-0.3, -0.25) is 4.79 Å². The van der Waals surface area contributed by atoms with Crippen LogP contribution in [0.2, 0.25) is 0 Å². The first-order valence-corrected chi connectivity index (χ1v) is 7.14. The molecule has 0 radical (unpaired) electrons. The fraction of sp³-hybridized carbons (Fsp3) is 0.467. The highest BCUT2D eigenvalue weighted by atomic mass is 19.1.